The Morgan fingerprint density at radius 1 is 1.07 bits per heavy atom. The Hall–Kier alpha value is -4.20. The minimum atomic E-state index is -4.56. The maximum Gasteiger partial charge on any atom is 0.416 e. The second-order valence-electron chi connectivity index (χ2n) is 9.71. The fourth-order valence-electron chi connectivity index (χ4n) is 4.13. The Labute approximate surface area is 231 Å². The molecule has 0 radical (unpaired) electrons. The van der Waals surface area contributed by atoms with Crippen LogP contribution in [0.25, 0.3) is 5.65 Å². The summed E-state index contributed by atoms with van der Waals surface area (Å²) in [7, 11) is 3.85. The van der Waals surface area contributed by atoms with Gasteiger partial charge in [-0.15, -0.1) is 0 Å². The molecule has 10 heteroatoms. The number of rotatable bonds is 8. The molecule has 7 nitrogen and oxygen atoms in total. The molecule has 0 aliphatic heterocycles. The van der Waals surface area contributed by atoms with Crippen molar-refractivity contribution in [2.45, 2.75) is 26.6 Å². The average Bonchev–Trinajstić information content (AvgIpc) is 3.33. The normalized spacial score (nSPS) is 11.6. The standard InChI is InChI=1S/C30H31F3N6O/c1-5-38(16-15-37(3)4)20-24-10-12-25(18-27(24)30(31,32)33)36-29(40)23-9-8-21(2)22(17-23)11-13-26-19-34-28-7-6-14-35-39(26)28/h6-10,12,14,17-19H,5,15-16,20H2,1-4H3,(H,36,40). The van der Waals surface area contributed by atoms with Crippen molar-refractivity contribution >= 4 is 17.2 Å². The number of carbonyl (C=O) groups is 1. The Bertz CT molecular complexity index is 1570. The predicted molar refractivity (Wildman–Crippen MR) is 149 cm³/mol. The number of carbonyl (C=O) groups excluding carboxylic acids is 1. The Morgan fingerprint density at radius 3 is 2.60 bits per heavy atom. The van der Waals surface area contributed by atoms with Crippen molar-refractivity contribution in [2.75, 3.05) is 39.0 Å². The summed E-state index contributed by atoms with van der Waals surface area (Å²) in [4.78, 5) is 21.2. The van der Waals surface area contributed by atoms with Crippen molar-refractivity contribution in [3.05, 3.63) is 94.4 Å². The molecule has 4 rings (SSSR count). The van der Waals surface area contributed by atoms with Crippen LogP contribution >= 0.6 is 0 Å². The highest BCUT2D eigenvalue weighted by Crippen LogP contribution is 2.34. The van der Waals surface area contributed by atoms with Crippen LogP contribution in [0.4, 0.5) is 18.9 Å². The predicted octanol–water partition coefficient (Wildman–Crippen LogP) is 5.09. The van der Waals surface area contributed by atoms with E-state index < -0.39 is 17.6 Å². The van der Waals surface area contributed by atoms with Gasteiger partial charge < -0.3 is 10.2 Å². The topological polar surface area (TPSA) is 65.8 Å². The van der Waals surface area contributed by atoms with E-state index >= 15 is 0 Å². The largest absolute Gasteiger partial charge is 0.416 e. The molecule has 0 saturated heterocycles. The molecule has 1 N–H and O–H groups in total. The van der Waals surface area contributed by atoms with Gasteiger partial charge in [-0.2, -0.15) is 18.3 Å². The number of aromatic nitrogens is 3. The van der Waals surface area contributed by atoms with Crippen LogP contribution < -0.4 is 5.32 Å². The molecule has 0 unspecified atom stereocenters. The first-order valence-electron chi connectivity index (χ1n) is 12.8. The first-order valence-corrected chi connectivity index (χ1v) is 12.8. The summed E-state index contributed by atoms with van der Waals surface area (Å²) in [6.45, 7) is 5.95. The molecule has 0 fully saturated rings. The van der Waals surface area contributed by atoms with Crippen LogP contribution in [-0.4, -0.2) is 64.0 Å². The molecule has 0 atom stereocenters. The number of amides is 1. The third kappa shape index (κ3) is 7.05. The van der Waals surface area contributed by atoms with Gasteiger partial charge in [0.05, 0.1) is 11.8 Å². The van der Waals surface area contributed by atoms with Crippen molar-refractivity contribution in [1.82, 2.24) is 24.4 Å². The summed E-state index contributed by atoms with van der Waals surface area (Å²) in [5.41, 5.74) is 2.48. The lowest BCUT2D eigenvalue weighted by Crippen LogP contribution is -2.32. The summed E-state index contributed by atoms with van der Waals surface area (Å²) in [6.07, 6.45) is -1.31. The Morgan fingerprint density at radius 2 is 1.88 bits per heavy atom. The van der Waals surface area contributed by atoms with E-state index in [1.807, 2.05) is 43.8 Å². The maximum atomic E-state index is 14.0. The number of likely N-dealkylation sites (N-methyl/N-ethyl adjacent to an activating group) is 2. The molecule has 0 bridgehead atoms. The first-order chi connectivity index (χ1) is 19.0. The van der Waals surface area contributed by atoms with Crippen LogP contribution in [0, 0.1) is 18.8 Å². The number of alkyl halides is 3. The van der Waals surface area contributed by atoms with Gasteiger partial charge in [0.15, 0.2) is 5.65 Å². The number of anilines is 1. The molecule has 40 heavy (non-hydrogen) atoms. The average molecular weight is 549 g/mol. The molecular formula is C30H31F3N6O. The second-order valence-corrected chi connectivity index (χ2v) is 9.71. The summed E-state index contributed by atoms with van der Waals surface area (Å²) >= 11 is 0. The SMILES string of the molecule is CCN(CCN(C)C)Cc1ccc(NC(=O)c2ccc(C)c(C#Cc3cnc4cccnn34)c2)cc1C(F)(F)F. The van der Waals surface area contributed by atoms with Gasteiger partial charge in [-0.25, -0.2) is 9.50 Å². The zero-order valence-corrected chi connectivity index (χ0v) is 22.9. The Balaban J connectivity index is 1.55. The smallest absolute Gasteiger partial charge is 0.322 e. The highest BCUT2D eigenvalue weighted by molar-refractivity contribution is 6.04. The molecule has 0 aliphatic rings. The lowest BCUT2D eigenvalue weighted by Gasteiger charge is -2.24. The van der Waals surface area contributed by atoms with Gasteiger partial charge in [-0.3, -0.25) is 9.69 Å². The summed E-state index contributed by atoms with van der Waals surface area (Å²) < 4.78 is 43.6. The van der Waals surface area contributed by atoms with E-state index in [1.54, 1.807) is 41.2 Å². The van der Waals surface area contributed by atoms with Gasteiger partial charge in [0.2, 0.25) is 0 Å². The number of benzene rings is 2. The van der Waals surface area contributed by atoms with Gasteiger partial charge >= 0.3 is 6.18 Å². The van der Waals surface area contributed by atoms with Gasteiger partial charge in [-0.05, 0) is 81.0 Å². The molecule has 1 amide bonds. The van der Waals surface area contributed by atoms with Gasteiger partial charge in [0.25, 0.3) is 5.91 Å². The maximum absolute atomic E-state index is 14.0. The fraction of sp³-hybridized carbons (Fsp3) is 0.300. The van der Waals surface area contributed by atoms with Crippen LogP contribution in [0.1, 0.15) is 45.2 Å². The third-order valence-corrected chi connectivity index (χ3v) is 6.48. The molecule has 0 saturated carbocycles. The van der Waals surface area contributed by atoms with E-state index in [0.717, 1.165) is 18.2 Å². The molecule has 0 spiro atoms. The minimum absolute atomic E-state index is 0.0717. The molecule has 2 aromatic carbocycles. The van der Waals surface area contributed by atoms with Crippen LogP contribution in [0.3, 0.4) is 0 Å². The van der Waals surface area contributed by atoms with Crippen LogP contribution in [0.5, 0.6) is 0 Å². The lowest BCUT2D eigenvalue weighted by atomic mass is 10.0. The van der Waals surface area contributed by atoms with Crippen molar-refractivity contribution < 1.29 is 18.0 Å². The first kappa shape index (κ1) is 28.8. The number of nitrogens with one attached hydrogen (secondary N) is 1. The highest BCUT2D eigenvalue weighted by atomic mass is 19.4. The van der Waals surface area contributed by atoms with Crippen LogP contribution in [0.15, 0.2) is 60.9 Å². The number of fused-ring (bicyclic) bond motifs is 1. The van der Waals surface area contributed by atoms with Crippen molar-refractivity contribution in [3.8, 4) is 11.8 Å². The van der Waals surface area contributed by atoms with Crippen molar-refractivity contribution in [1.29, 1.82) is 0 Å². The number of nitrogens with zero attached hydrogens (tertiary/aromatic N) is 5. The van der Waals surface area contributed by atoms with E-state index in [0.29, 0.717) is 30.0 Å². The zero-order chi connectivity index (χ0) is 28.9. The molecule has 2 heterocycles. The second kappa shape index (κ2) is 12.3. The van der Waals surface area contributed by atoms with E-state index in [4.69, 9.17) is 0 Å². The van der Waals surface area contributed by atoms with Gasteiger partial charge in [0.1, 0.15) is 5.69 Å². The summed E-state index contributed by atoms with van der Waals surface area (Å²) in [6, 6.07) is 12.5. The van der Waals surface area contributed by atoms with E-state index in [1.165, 1.54) is 12.1 Å². The molecule has 208 valence electrons. The van der Waals surface area contributed by atoms with Crippen LogP contribution in [-0.2, 0) is 12.7 Å². The van der Waals surface area contributed by atoms with Crippen molar-refractivity contribution in [2.24, 2.45) is 0 Å². The quantitative estimate of drug-likeness (QED) is 0.311. The Kier molecular flexibility index (Phi) is 8.87. The van der Waals surface area contributed by atoms with Crippen molar-refractivity contribution in [3.63, 3.8) is 0 Å². The van der Waals surface area contributed by atoms with E-state index in [2.05, 4.69) is 27.2 Å². The van der Waals surface area contributed by atoms with E-state index in [9.17, 15) is 18.0 Å². The summed E-state index contributed by atoms with van der Waals surface area (Å²) in [5.74, 6) is 5.56. The number of aryl methyl sites for hydroxylation is 1. The monoisotopic (exact) mass is 548 g/mol. The van der Waals surface area contributed by atoms with Gasteiger partial charge in [0, 0.05) is 42.6 Å². The highest BCUT2D eigenvalue weighted by Gasteiger charge is 2.34. The third-order valence-electron chi connectivity index (χ3n) is 6.48. The number of hydrogen-bond donors (Lipinski definition) is 1. The minimum Gasteiger partial charge on any atom is -0.322 e. The number of hydrogen-bond acceptors (Lipinski definition) is 5. The summed E-state index contributed by atoms with van der Waals surface area (Å²) in [5, 5.41) is 6.85. The molecule has 0 aliphatic carbocycles. The molecular weight excluding hydrogens is 517 g/mol. The zero-order valence-electron chi connectivity index (χ0n) is 22.9. The lowest BCUT2D eigenvalue weighted by molar-refractivity contribution is -0.138. The molecule has 4 aromatic rings. The van der Waals surface area contributed by atoms with Crippen LogP contribution in [0.2, 0.25) is 0 Å². The number of halogens is 3. The van der Waals surface area contributed by atoms with Gasteiger partial charge in [-0.1, -0.05) is 25.0 Å². The number of imidazole rings is 1. The fourth-order valence-corrected chi connectivity index (χ4v) is 4.13. The van der Waals surface area contributed by atoms with E-state index in [-0.39, 0.29) is 23.4 Å². The molecule has 2 aromatic heterocycles.